The molecule has 1 aromatic carbocycles. The van der Waals surface area contributed by atoms with Crippen LogP contribution in [0.3, 0.4) is 0 Å². The topological polar surface area (TPSA) is 38.2 Å². The van der Waals surface area contributed by atoms with Crippen molar-refractivity contribution >= 4 is 44.5 Å². The molecule has 7 heteroatoms. The fraction of sp³-hybridized carbons (Fsp3) is 0.273. The van der Waals surface area contributed by atoms with Crippen LogP contribution in [0.1, 0.15) is 16.0 Å². The molecular formula is C22H22ClN3OS2. The van der Waals surface area contributed by atoms with Crippen LogP contribution >= 0.6 is 34.3 Å². The minimum atomic E-state index is 0.527. The summed E-state index contributed by atoms with van der Waals surface area (Å²) in [6.07, 6.45) is 0.822. The van der Waals surface area contributed by atoms with Gasteiger partial charge in [-0.15, -0.1) is 22.7 Å². The molecule has 0 bridgehead atoms. The van der Waals surface area contributed by atoms with E-state index in [1.165, 1.54) is 10.4 Å². The average molecular weight is 444 g/mol. The van der Waals surface area contributed by atoms with E-state index in [1.54, 1.807) is 22.7 Å². The van der Waals surface area contributed by atoms with Crippen LogP contribution in [-0.2, 0) is 6.42 Å². The molecule has 4 aromatic rings. The molecule has 4 nitrogen and oxygen atoms in total. The smallest absolute Gasteiger partial charge is 0.172 e. The molecule has 0 aliphatic rings. The summed E-state index contributed by atoms with van der Waals surface area (Å²) in [5, 5.41) is 3.51. The fourth-order valence-electron chi connectivity index (χ4n) is 3.10. The molecule has 3 heterocycles. The number of aromatic nitrogens is 2. The van der Waals surface area contributed by atoms with Crippen LogP contribution in [0, 0.1) is 6.92 Å². The van der Waals surface area contributed by atoms with E-state index in [2.05, 4.69) is 28.9 Å². The van der Waals surface area contributed by atoms with Gasteiger partial charge in [-0.05, 0) is 55.7 Å². The SMILES string of the molecule is Cc1c(Cc2cccc(OCCN(C)C)c2)sc2nc(-c3cccs3)nc(Cl)c12. The van der Waals surface area contributed by atoms with Crippen LogP contribution in [-0.4, -0.2) is 42.1 Å². The van der Waals surface area contributed by atoms with Crippen molar-refractivity contribution in [2.45, 2.75) is 13.3 Å². The summed E-state index contributed by atoms with van der Waals surface area (Å²) in [6.45, 7) is 3.67. The molecule has 4 rings (SSSR count). The molecule has 150 valence electrons. The fourth-order valence-corrected chi connectivity index (χ4v) is 5.33. The summed E-state index contributed by atoms with van der Waals surface area (Å²) in [4.78, 5) is 14.7. The van der Waals surface area contributed by atoms with Crippen molar-refractivity contribution in [2.24, 2.45) is 0 Å². The maximum Gasteiger partial charge on any atom is 0.172 e. The Morgan fingerprint density at radius 1 is 1.14 bits per heavy atom. The van der Waals surface area contributed by atoms with E-state index in [0.29, 0.717) is 17.6 Å². The molecule has 0 unspecified atom stereocenters. The zero-order valence-electron chi connectivity index (χ0n) is 16.6. The maximum atomic E-state index is 6.54. The van der Waals surface area contributed by atoms with Gasteiger partial charge >= 0.3 is 0 Å². The Hall–Kier alpha value is -1.99. The minimum absolute atomic E-state index is 0.527. The van der Waals surface area contributed by atoms with Crippen molar-refractivity contribution in [1.29, 1.82) is 0 Å². The first-order valence-corrected chi connectivity index (χ1v) is 11.4. The summed E-state index contributed by atoms with van der Waals surface area (Å²) < 4.78 is 5.88. The van der Waals surface area contributed by atoms with Gasteiger partial charge in [0.25, 0.3) is 0 Å². The van der Waals surface area contributed by atoms with Crippen molar-refractivity contribution < 1.29 is 4.74 Å². The second-order valence-corrected chi connectivity index (χ2v) is 9.51. The molecule has 29 heavy (non-hydrogen) atoms. The third-order valence-corrected chi connectivity index (χ3v) is 6.98. The molecule has 3 aromatic heterocycles. The van der Waals surface area contributed by atoms with Gasteiger partial charge in [0.05, 0.1) is 10.3 Å². The monoisotopic (exact) mass is 443 g/mol. The molecule has 0 spiro atoms. The van der Waals surface area contributed by atoms with Crippen LogP contribution < -0.4 is 4.74 Å². The Balaban J connectivity index is 1.60. The number of fused-ring (bicyclic) bond motifs is 1. The van der Waals surface area contributed by atoms with Crippen molar-refractivity contribution in [2.75, 3.05) is 27.2 Å². The van der Waals surface area contributed by atoms with Crippen molar-refractivity contribution in [3.8, 4) is 16.5 Å². The van der Waals surface area contributed by atoms with Gasteiger partial charge in [-0.3, -0.25) is 0 Å². The number of hydrogen-bond acceptors (Lipinski definition) is 6. The van der Waals surface area contributed by atoms with Crippen LogP contribution in [0.25, 0.3) is 20.9 Å². The molecule has 0 saturated carbocycles. The Morgan fingerprint density at radius 3 is 2.76 bits per heavy atom. The number of thiophene rings is 2. The van der Waals surface area contributed by atoms with Crippen LogP contribution in [0.4, 0.5) is 0 Å². The van der Waals surface area contributed by atoms with Gasteiger partial charge in [-0.1, -0.05) is 29.8 Å². The lowest BCUT2D eigenvalue weighted by atomic mass is 10.1. The number of halogens is 1. The van der Waals surface area contributed by atoms with E-state index in [4.69, 9.17) is 21.3 Å². The van der Waals surface area contributed by atoms with Crippen LogP contribution in [0.2, 0.25) is 5.15 Å². The largest absolute Gasteiger partial charge is 0.492 e. The Labute approximate surface area is 183 Å². The molecule has 0 amide bonds. The Bertz CT molecular complexity index is 1120. The molecule has 0 aliphatic heterocycles. The number of aryl methyl sites for hydroxylation is 1. The van der Waals surface area contributed by atoms with E-state index in [-0.39, 0.29) is 0 Å². The summed E-state index contributed by atoms with van der Waals surface area (Å²) >= 11 is 9.86. The maximum absolute atomic E-state index is 6.54. The minimum Gasteiger partial charge on any atom is -0.492 e. The number of likely N-dealkylation sites (N-methyl/N-ethyl adjacent to an activating group) is 1. The first-order valence-electron chi connectivity index (χ1n) is 9.37. The number of benzene rings is 1. The number of rotatable bonds is 7. The van der Waals surface area contributed by atoms with E-state index in [1.807, 2.05) is 43.7 Å². The lowest BCUT2D eigenvalue weighted by Crippen LogP contribution is -2.19. The van der Waals surface area contributed by atoms with E-state index in [9.17, 15) is 0 Å². The lowest BCUT2D eigenvalue weighted by Gasteiger charge is -2.11. The standard InChI is InChI=1S/C22H22ClN3OS2/c1-14-18(13-15-6-4-7-16(12-15)27-10-9-26(2)3)29-22-19(14)20(23)24-21(25-22)17-8-5-11-28-17/h4-8,11-12H,9-10,13H2,1-3H3. The zero-order valence-corrected chi connectivity index (χ0v) is 19.0. The Kier molecular flexibility index (Phi) is 6.15. The van der Waals surface area contributed by atoms with Crippen molar-refractivity contribution in [3.63, 3.8) is 0 Å². The van der Waals surface area contributed by atoms with Gasteiger partial charge in [-0.25, -0.2) is 9.97 Å². The first-order chi connectivity index (χ1) is 14.0. The van der Waals surface area contributed by atoms with Crippen LogP contribution in [0.5, 0.6) is 5.75 Å². The van der Waals surface area contributed by atoms with E-state index in [0.717, 1.165) is 39.4 Å². The molecule has 0 radical (unpaired) electrons. The first kappa shape index (κ1) is 20.3. The highest BCUT2D eigenvalue weighted by molar-refractivity contribution is 7.19. The number of nitrogens with zero attached hydrogens (tertiary/aromatic N) is 3. The zero-order chi connectivity index (χ0) is 20.4. The van der Waals surface area contributed by atoms with Crippen molar-refractivity contribution in [1.82, 2.24) is 14.9 Å². The number of hydrogen-bond donors (Lipinski definition) is 0. The highest BCUT2D eigenvalue weighted by atomic mass is 35.5. The van der Waals surface area contributed by atoms with Gasteiger partial charge in [0.15, 0.2) is 5.82 Å². The van der Waals surface area contributed by atoms with Gasteiger partial charge in [0.2, 0.25) is 0 Å². The molecule has 0 N–H and O–H groups in total. The predicted molar refractivity (Wildman–Crippen MR) is 124 cm³/mol. The third kappa shape index (κ3) is 4.61. The van der Waals surface area contributed by atoms with E-state index < -0.39 is 0 Å². The van der Waals surface area contributed by atoms with Gasteiger partial charge in [0.1, 0.15) is 22.3 Å². The third-order valence-electron chi connectivity index (χ3n) is 4.66. The second kappa shape index (κ2) is 8.79. The lowest BCUT2D eigenvalue weighted by molar-refractivity contribution is 0.261. The van der Waals surface area contributed by atoms with Crippen molar-refractivity contribution in [3.05, 3.63) is 62.9 Å². The average Bonchev–Trinajstić information content (AvgIpc) is 3.31. The van der Waals surface area contributed by atoms with Gasteiger partial charge in [-0.2, -0.15) is 0 Å². The van der Waals surface area contributed by atoms with Gasteiger partial charge in [0, 0.05) is 17.8 Å². The molecule has 0 aliphatic carbocycles. The molecule has 0 atom stereocenters. The Morgan fingerprint density at radius 2 is 2.00 bits per heavy atom. The van der Waals surface area contributed by atoms with Crippen LogP contribution in [0.15, 0.2) is 41.8 Å². The predicted octanol–water partition coefficient (Wildman–Crippen LogP) is 5.91. The summed E-state index contributed by atoms with van der Waals surface area (Å²) in [5.74, 6) is 1.60. The molecule has 0 fully saturated rings. The molecular weight excluding hydrogens is 422 g/mol. The normalized spacial score (nSPS) is 11.5. The quantitative estimate of drug-likeness (QED) is 0.332. The van der Waals surface area contributed by atoms with Gasteiger partial charge < -0.3 is 9.64 Å². The summed E-state index contributed by atoms with van der Waals surface area (Å²) in [6, 6.07) is 12.3. The second-order valence-electron chi connectivity index (χ2n) is 7.12. The highest BCUT2D eigenvalue weighted by Gasteiger charge is 2.17. The molecule has 0 saturated heterocycles. The number of ether oxygens (including phenoxy) is 1. The summed E-state index contributed by atoms with van der Waals surface area (Å²) in [5.41, 5.74) is 2.37. The summed E-state index contributed by atoms with van der Waals surface area (Å²) in [7, 11) is 4.09. The highest BCUT2D eigenvalue weighted by Crippen LogP contribution is 2.37. The van der Waals surface area contributed by atoms with E-state index >= 15 is 0 Å².